The normalized spacial score (nSPS) is 10.8. The maximum absolute atomic E-state index is 12.4. The monoisotopic (exact) mass is 456 g/mol. The molecule has 0 spiro atoms. The molecule has 0 aliphatic carbocycles. The van der Waals surface area contributed by atoms with E-state index in [0.717, 1.165) is 12.8 Å². The summed E-state index contributed by atoms with van der Waals surface area (Å²) in [5.74, 6) is -0.296. The molecule has 0 radical (unpaired) electrons. The minimum absolute atomic E-state index is 0.0508. The van der Waals surface area contributed by atoms with Gasteiger partial charge in [-0.25, -0.2) is 4.79 Å². The summed E-state index contributed by atoms with van der Waals surface area (Å²) in [5.41, 5.74) is 1.50. The number of anilines is 1. The third-order valence-electron chi connectivity index (χ3n) is 3.96. The zero-order chi connectivity index (χ0) is 21.2. The molecular weight excluding hydrogens is 436 g/mol. The Bertz CT molecular complexity index is 946. The van der Waals surface area contributed by atoms with Gasteiger partial charge in [0.25, 0.3) is 5.91 Å². The highest BCUT2D eigenvalue weighted by Crippen LogP contribution is 2.26. The Morgan fingerprint density at radius 2 is 1.93 bits per heavy atom. The lowest BCUT2D eigenvalue weighted by atomic mass is 10.1. The van der Waals surface area contributed by atoms with E-state index in [4.69, 9.17) is 9.47 Å². The van der Waals surface area contributed by atoms with E-state index in [2.05, 4.69) is 21.2 Å². The zero-order valence-electron chi connectivity index (χ0n) is 16.2. The van der Waals surface area contributed by atoms with Crippen LogP contribution in [0.3, 0.4) is 0 Å². The fraction of sp³-hybridized carbons (Fsp3) is 0.227. The number of unbranched alkanes of at least 4 members (excludes halogenated alkanes) is 1. The first-order valence-electron chi connectivity index (χ1n) is 9.02. The number of carbonyl (C=O) groups excluding carboxylic acids is 2. The molecule has 29 heavy (non-hydrogen) atoms. The summed E-state index contributed by atoms with van der Waals surface area (Å²) in [5, 5.41) is 12.0. The van der Waals surface area contributed by atoms with Crippen LogP contribution in [0.4, 0.5) is 5.69 Å². The number of benzene rings is 2. The van der Waals surface area contributed by atoms with Gasteiger partial charge >= 0.3 is 5.97 Å². The number of methoxy groups -OCH3 is 1. The van der Waals surface area contributed by atoms with Crippen molar-refractivity contribution in [2.75, 3.05) is 19.0 Å². The number of amides is 1. The minimum Gasteiger partial charge on any atom is -0.496 e. The minimum atomic E-state index is -0.544. The fourth-order valence-electron chi connectivity index (χ4n) is 2.37. The van der Waals surface area contributed by atoms with Gasteiger partial charge in [0.2, 0.25) is 0 Å². The molecule has 0 bridgehead atoms. The molecule has 1 amide bonds. The Labute approximate surface area is 178 Å². The van der Waals surface area contributed by atoms with Crippen molar-refractivity contribution in [3.63, 3.8) is 0 Å². The first-order chi connectivity index (χ1) is 14.0. The SMILES string of the molecule is CCCCOC(=O)c1ccc(NC(=O)/C(C#N)=C/c2ccc(OC)c(Br)c2)cc1. The van der Waals surface area contributed by atoms with Crippen LogP contribution in [-0.4, -0.2) is 25.6 Å². The van der Waals surface area contributed by atoms with E-state index in [1.165, 1.54) is 6.08 Å². The Hall–Kier alpha value is -3.11. The van der Waals surface area contributed by atoms with Gasteiger partial charge in [-0.1, -0.05) is 19.4 Å². The lowest BCUT2D eigenvalue weighted by Gasteiger charge is -2.07. The van der Waals surface area contributed by atoms with Gasteiger partial charge in [0, 0.05) is 5.69 Å². The molecule has 2 aromatic rings. The van der Waals surface area contributed by atoms with E-state index < -0.39 is 11.9 Å². The number of esters is 1. The molecule has 0 fully saturated rings. The van der Waals surface area contributed by atoms with Gasteiger partial charge in [-0.15, -0.1) is 0 Å². The van der Waals surface area contributed by atoms with E-state index in [0.29, 0.717) is 33.6 Å². The Balaban J connectivity index is 2.06. The lowest BCUT2D eigenvalue weighted by molar-refractivity contribution is -0.112. The third kappa shape index (κ3) is 6.47. The fourth-order valence-corrected chi connectivity index (χ4v) is 2.93. The first-order valence-corrected chi connectivity index (χ1v) is 9.81. The summed E-state index contributed by atoms with van der Waals surface area (Å²) in [7, 11) is 1.56. The van der Waals surface area contributed by atoms with E-state index in [1.54, 1.807) is 49.6 Å². The van der Waals surface area contributed by atoms with Gasteiger partial charge in [0.05, 0.1) is 23.8 Å². The maximum atomic E-state index is 12.4. The van der Waals surface area contributed by atoms with Crippen molar-refractivity contribution in [3.05, 3.63) is 63.6 Å². The van der Waals surface area contributed by atoms with Gasteiger partial charge in [-0.05, 0) is 70.4 Å². The Kier molecular flexibility index (Phi) is 8.44. The quantitative estimate of drug-likeness (QED) is 0.262. The number of carbonyl (C=O) groups is 2. The van der Waals surface area contributed by atoms with Crippen molar-refractivity contribution >= 4 is 39.6 Å². The second kappa shape index (κ2) is 11.0. The van der Waals surface area contributed by atoms with Crippen LogP contribution in [0, 0.1) is 11.3 Å². The van der Waals surface area contributed by atoms with Gasteiger partial charge < -0.3 is 14.8 Å². The molecule has 0 unspecified atom stereocenters. The van der Waals surface area contributed by atoms with Gasteiger partial charge in [0.1, 0.15) is 17.4 Å². The second-order valence-electron chi connectivity index (χ2n) is 6.08. The van der Waals surface area contributed by atoms with Crippen molar-refractivity contribution in [2.45, 2.75) is 19.8 Å². The van der Waals surface area contributed by atoms with Gasteiger partial charge in [-0.3, -0.25) is 4.79 Å². The summed E-state index contributed by atoms with van der Waals surface area (Å²) in [6, 6.07) is 13.5. The summed E-state index contributed by atoms with van der Waals surface area (Å²) < 4.78 is 11.0. The van der Waals surface area contributed by atoms with Crippen LogP contribution in [0.5, 0.6) is 5.75 Å². The van der Waals surface area contributed by atoms with Crippen molar-refractivity contribution < 1.29 is 19.1 Å². The van der Waals surface area contributed by atoms with E-state index in [9.17, 15) is 14.9 Å². The number of rotatable bonds is 8. The van der Waals surface area contributed by atoms with Crippen LogP contribution < -0.4 is 10.1 Å². The highest BCUT2D eigenvalue weighted by molar-refractivity contribution is 9.10. The second-order valence-corrected chi connectivity index (χ2v) is 6.94. The van der Waals surface area contributed by atoms with Crippen LogP contribution in [0.1, 0.15) is 35.7 Å². The van der Waals surface area contributed by atoms with E-state index >= 15 is 0 Å². The smallest absolute Gasteiger partial charge is 0.338 e. The summed E-state index contributed by atoms with van der Waals surface area (Å²) in [6.45, 7) is 2.40. The van der Waals surface area contributed by atoms with Crippen LogP contribution in [0.2, 0.25) is 0 Å². The lowest BCUT2D eigenvalue weighted by Crippen LogP contribution is -2.13. The number of hydrogen-bond donors (Lipinski definition) is 1. The van der Waals surface area contributed by atoms with Crippen LogP contribution in [0.25, 0.3) is 6.08 Å². The standard InChI is InChI=1S/C22H21BrN2O4/c1-3-4-11-29-22(27)16-6-8-18(9-7-16)25-21(26)17(14-24)12-15-5-10-20(28-2)19(23)13-15/h5-10,12-13H,3-4,11H2,1-2H3,(H,25,26)/b17-12+. The zero-order valence-corrected chi connectivity index (χ0v) is 17.8. The first kappa shape index (κ1) is 22.2. The molecule has 150 valence electrons. The van der Waals surface area contributed by atoms with Crippen LogP contribution >= 0.6 is 15.9 Å². The molecule has 0 aromatic heterocycles. The predicted octanol–water partition coefficient (Wildman–Crippen LogP) is 4.96. The Morgan fingerprint density at radius 3 is 2.52 bits per heavy atom. The molecule has 0 heterocycles. The van der Waals surface area contributed by atoms with E-state index in [1.807, 2.05) is 13.0 Å². The molecule has 7 heteroatoms. The number of nitrogens with one attached hydrogen (secondary N) is 1. The van der Waals surface area contributed by atoms with Crippen molar-refractivity contribution in [2.24, 2.45) is 0 Å². The van der Waals surface area contributed by atoms with Crippen LogP contribution in [-0.2, 0) is 9.53 Å². The molecular formula is C22H21BrN2O4. The highest BCUT2D eigenvalue weighted by atomic mass is 79.9. The Morgan fingerprint density at radius 1 is 1.21 bits per heavy atom. The number of halogens is 1. The third-order valence-corrected chi connectivity index (χ3v) is 4.58. The average molecular weight is 457 g/mol. The number of ether oxygens (including phenoxy) is 2. The molecule has 0 aliphatic heterocycles. The van der Waals surface area contributed by atoms with E-state index in [-0.39, 0.29) is 5.57 Å². The predicted molar refractivity (Wildman–Crippen MR) is 115 cm³/mol. The van der Waals surface area contributed by atoms with Gasteiger partial charge in [0.15, 0.2) is 0 Å². The summed E-state index contributed by atoms with van der Waals surface area (Å²) >= 11 is 3.37. The van der Waals surface area contributed by atoms with Crippen molar-refractivity contribution in [1.82, 2.24) is 0 Å². The molecule has 2 rings (SSSR count). The number of nitrogens with zero attached hydrogens (tertiary/aromatic N) is 1. The molecule has 0 aliphatic rings. The summed E-state index contributed by atoms with van der Waals surface area (Å²) in [6.07, 6.45) is 3.24. The number of hydrogen-bond acceptors (Lipinski definition) is 5. The summed E-state index contributed by atoms with van der Waals surface area (Å²) in [4.78, 5) is 24.3. The van der Waals surface area contributed by atoms with Crippen molar-refractivity contribution in [1.29, 1.82) is 5.26 Å². The topological polar surface area (TPSA) is 88.4 Å². The largest absolute Gasteiger partial charge is 0.496 e. The number of nitriles is 1. The van der Waals surface area contributed by atoms with Crippen LogP contribution in [0.15, 0.2) is 52.5 Å². The molecule has 1 N–H and O–H groups in total. The average Bonchev–Trinajstić information content (AvgIpc) is 2.72. The molecule has 6 nitrogen and oxygen atoms in total. The highest BCUT2D eigenvalue weighted by Gasteiger charge is 2.12. The molecule has 2 aromatic carbocycles. The molecule has 0 atom stereocenters. The maximum Gasteiger partial charge on any atom is 0.338 e. The molecule has 0 saturated heterocycles. The van der Waals surface area contributed by atoms with Gasteiger partial charge in [-0.2, -0.15) is 5.26 Å². The van der Waals surface area contributed by atoms with Crippen molar-refractivity contribution in [3.8, 4) is 11.8 Å². The molecule has 0 saturated carbocycles.